The van der Waals surface area contributed by atoms with E-state index in [4.69, 9.17) is 8.23 Å². The monoisotopic (exact) mass is 250 g/mol. The molecule has 0 heterocycles. The van der Waals surface area contributed by atoms with Crippen molar-refractivity contribution in [3.8, 4) is 0 Å². The molecule has 0 radical (unpaired) electrons. The highest BCUT2D eigenvalue weighted by Crippen LogP contribution is 2.05. The molecule has 0 fully saturated rings. The molecular formula is C7H22O2Si4. The van der Waals surface area contributed by atoms with Crippen molar-refractivity contribution in [2.24, 2.45) is 0 Å². The van der Waals surface area contributed by atoms with E-state index in [0.29, 0.717) is 0 Å². The minimum atomic E-state index is -1.47. The zero-order chi connectivity index (χ0) is 10.3. The van der Waals surface area contributed by atoms with Crippen LogP contribution in [-0.2, 0) is 8.23 Å². The maximum absolute atomic E-state index is 5.88. The summed E-state index contributed by atoms with van der Waals surface area (Å²) >= 11 is 0. The van der Waals surface area contributed by atoms with E-state index >= 15 is 0 Å². The highest BCUT2D eigenvalue weighted by Gasteiger charge is 2.24. The van der Waals surface area contributed by atoms with Crippen LogP contribution in [0.15, 0.2) is 11.8 Å². The second-order valence-corrected chi connectivity index (χ2v) is 17.1. The fraction of sp³-hybridized carbons (Fsp3) is 0.714. The molecule has 1 unspecified atom stereocenters. The average Bonchev–Trinajstić information content (AvgIpc) is 2.11. The zero-order valence-electron chi connectivity index (χ0n) is 9.46. The van der Waals surface area contributed by atoms with Crippen molar-refractivity contribution in [2.75, 3.05) is 0 Å². The van der Waals surface area contributed by atoms with E-state index in [1.54, 1.807) is 0 Å². The molecule has 0 bridgehead atoms. The molecule has 0 saturated carbocycles. The van der Waals surface area contributed by atoms with Crippen molar-refractivity contribution >= 4 is 36.6 Å². The van der Waals surface area contributed by atoms with Gasteiger partial charge in [0.1, 0.15) is 10.5 Å². The van der Waals surface area contributed by atoms with E-state index in [9.17, 15) is 0 Å². The van der Waals surface area contributed by atoms with Crippen molar-refractivity contribution in [1.29, 1.82) is 0 Å². The summed E-state index contributed by atoms with van der Waals surface area (Å²) in [7, 11) is -1.85. The lowest BCUT2D eigenvalue weighted by molar-refractivity contribution is 0.599. The summed E-state index contributed by atoms with van der Waals surface area (Å²) in [4.78, 5) is 0. The average molecular weight is 251 g/mol. The smallest absolute Gasteiger partial charge is 0.210 e. The molecule has 0 aliphatic heterocycles. The minimum absolute atomic E-state index is 0.413. The molecule has 13 heavy (non-hydrogen) atoms. The molecule has 0 aliphatic carbocycles. The summed E-state index contributed by atoms with van der Waals surface area (Å²) in [6, 6.07) is 0. The van der Waals surface area contributed by atoms with Crippen molar-refractivity contribution in [1.82, 2.24) is 0 Å². The molecular weight excluding hydrogens is 228 g/mol. The number of hydrogen-bond donors (Lipinski definition) is 0. The molecule has 1 atom stereocenters. The topological polar surface area (TPSA) is 18.5 Å². The van der Waals surface area contributed by atoms with E-state index in [2.05, 4.69) is 38.3 Å². The predicted molar refractivity (Wildman–Crippen MR) is 70.6 cm³/mol. The maximum Gasteiger partial charge on any atom is 0.210 e. The van der Waals surface area contributed by atoms with Crippen LogP contribution in [0.4, 0.5) is 0 Å². The molecule has 0 aromatic rings. The van der Waals surface area contributed by atoms with Gasteiger partial charge in [-0.05, 0) is 26.1 Å². The summed E-state index contributed by atoms with van der Waals surface area (Å²) in [6.07, 6.45) is 3.35. The second kappa shape index (κ2) is 6.90. The highest BCUT2D eigenvalue weighted by molar-refractivity contribution is 7.22. The Kier molecular flexibility index (Phi) is 7.18. The van der Waals surface area contributed by atoms with Gasteiger partial charge in [-0.2, -0.15) is 0 Å². The van der Waals surface area contributed by atoms with Gasteiger partial charge in [-0.1, -0.05) is 18.7 Å². The lowest BCUT2D eigenvalue weighted by Gasteiger charge is -2.22. The Bertz CT molecular complexity index is 163. The Morgan fingerprint density at radius 1 is 1.54 bits per heavy atom. The quantitative estimate of drug-likeness (QED) is 0.615. The van der Waals surface area contributed by atoms with Gasteiger partial charge in [0, 0.05) is 0 Å². The first-order valence-corrected chi connectivity index (χ1v) is 13.9. The summed E-state index contributed by atoms with van der Waals surface area (Å²) in [6.45, 7) is 8.92. The lowest BCUT2D eigenvalue weighted by atomic mass is 10.5. The van der Waals surface area contributed by atoms with Gasteiger partial charge in [-0.3, -0.25) is 0 Å². The fourth-order valence-electron chi connectivity index (χ4n) is 0.874. The zero-order valence-corrected chi connectivity index (χ0v) is 15.0. The first-order valence-electron chi connectivity index (χ1n) is 4.88. The van der Waals surface area contributed by atoms with Crippen molar-refractivity contribution in [3.05, 3.63) is 11.8 Å². The normalized spacial score (nSPS) is 17.9. The maximum atomic E-state index is 5.88. The highest BCUT2D eigenvalue weighted by atomic mass is 29.2. The van der Waals surface area contributed by atoms with Crippen LogP contribution >= 0.6 is 0 Å². The van der Waals surface area contributed by atoms with Gasteiger partial charge in [-0.25, -0.2) is 0 Å². The van der Waals surface area contributed by atoms with E-state index in [-0.39, 0.29) is 0 Å². The Morgan fingerprint density at radius 2 is 2.15 bits per heavy atom. The molecule has 0 aromatic carbocycles. The van der Waals surface area contributed by atoms with Crippen LogP contribution in [-0.4, -0.2) is 36.6 Å². The largest absolute Gasteiger partial charge is 0.462 e. The van der Waals surface area contributed by atoms with Gasteiger partial charge in [0.25, 0.3) is 0 Å². The number of allylic oxidation sites excluding steroid dienone is 1. The van der Waals surface area contributed by atoms with Gasteiger partial charge in [0.2, 0.25) is 7.83 Å². The van der Waals surface area contributed by atoms with E-state index < -0.39 is 26.2 Å². The molecule has 2 nitrogen and oxygen atoms in total. The SMILES string of the molecule is CCC=C[Si](C)(O[SiH3])[SiH2]O[SiH](C)C. The third-order valence-electron chi connectivity index (χ3n) is 1.88. The van der Waals surface area contributed by atoms with Crippen molar-refractivity contribution < 1.29 is 8.23 Å². The summed E-state index contributed by atoms with van der Waals surface area (Å²) in [5.74, 6) is 0. The summed E-state index contributed by atoms with van der Waals surface area (Å²) < 4.78 is 11.6. The predicted octanol–water partition coefficient (Wildman–Crippen LogP) is -0.0554. The van der Waals surface area contributed by atoms with Crippen molar-refractivity contribution in [3.63, 3.8) is 0 Å². The third-order valence-corrected chi connectivity index (χ3v) is 17.0. The lowest BCUT2D eigenvalue weighted by Crippen LogP contribution is -2.43. The molecule has 6 heteroatoms. The van der Waals surface area contributed by atoms with Crippen LogP contribution in [0.25, 0.3) is 0 Å². The molecule has 0 aromatic heterocycles. The van der Waals surface area contributed by atoms with Crippen LogP contribution in [0.5, 0.6) is 0 Å². The van der Waals surface area contributed by atoms with Crippen molar-refractivity contribution in [2.45, 2.75) is 33.0 Å². The Balaban J connectivity index is 4.03. The van der Waals surface area contributed by atoms with Crippen LogP contribution in [0.3, 0.4) is 0 Å². The Hall–Kier alpha value is 0.528. The van der Waals surface area contributed by atoms with Gasteiger partial charge in [0.05, 0.1) is 0 Å². The van der Waals surface area contributed by atoms with Crippen LogP contribution < -0.4 is 0 Å². The van der Waals surface area contributed by atoms with Crippen LogP contribution in [0, 0.1) is 0 Å². The molecule has 0 amide bonds. The molecule has 0 rings (SSSR count). The van der Waals surface area contributed by atoms with Crippen LogP contribution in [0.1, 0.15) is 13.3 Å². The first-order chi connectivity index (χ1) is 6.04. The number of hydrogen-bond acceptors (Lipinski definition) is 2. The summed E-state index contributed by atoms with van der Waals surface area (Å²) in [5.41, 5.74) is 2.32. The van der Waals surface area contributed by atoms with E-state index in [1.807, 2.05) is 0 Å². The molecule has 0 N–H and O–H groups in total. The van der Waals surface area contributed by atoms with Gasteiger partial charge >= 0.3 is 0 Å². The summed E-state index contributed by atoms with van der Waals surface area (Å²) in [5, 5.41) is 0. The Labute approximate surface area is 89.9 Å². The molecule has 0 spiro atoms. The van der Waals surface area contributed by atoms with E-state index in [0.717, 1.165) is 16.9 Å². The second-order valence-electron chi connectivity index (χ2n) is 3.69. The first kappa shape index (κ1) is 13.5. The van der Waals surface area contributed by atoms with Gasteiger partial charge < -0.3 is 8.23 Å². The third kappa shape index (κ3) is 6.58. The Morgan fingerprint density at radius 3 is 2.54 bits per heavy atom. The number of rotatable bonds is 6. The standard InChI is InChI=1S/C7H22O2Si4/c1-5-6-7-13(4,8-10)11-9-12(2)3/h6-7,12H,5,11H2,1-4,10H3. The molecule has 0 aliphatic rings. The van der Waals surface area contributed by atoms with Crippen LogP contribution in [0.2, 0.25) is 19.6 Å². The minimum Gasteiger partial charge on any atom is -0.462 e. The van der Waals surface area contributed by atoms with E-state index in [1.165, 1.54) is 0 Å². The van der Waals surface area contributed by atoms with Gasteiger partial charge in [0.15, 0.2) is 18.3 Å². The molecule has 78 valence electrons. The van der Waals surface area contributed by atoms with Gasteiger partial charge in [-0.15, -0.1) is 0 Å². The molecule has 0 saturated heterocycles. The fourth-order valence-corrected chi connectivity index (χ4v) is 13.2.